The average molecular weight is 646 g/mol. The van der Waals surface area contributed by atoms with E-state index in [1.54, 1.807) is 29.2 Å². The van der Waals surface area contributed by atoms with Gasteiger partial charge in [-0.2, -0.15) is 5.26 Å². The van der Waals surface area contributed by atoms with Crippen molar-refractivity contribution < 1.29 is 27.8 Å². The number of halogens is 3. The third-order valence-corrected chi connectivity index (χ3v) is 8.28. The van der Waals surface area contributed by atoms with Gasteiger partial charge in [-0.15, -0.1) is 0 Å². The minimum absolute atomic E-state index is 0.00715. The Morgan fingerprint density at radius 2 is 2.10 bits per heavy atom. The Balaban J connectivity index is 1.51. The number of carbonyl (C=O) groups is 1. The maximum atomic E-state index is 13.9. The van der Waals surface area contributed by atoms with Crippen molar-refractivity contribution in [3.8, 4) is 6.19 Å². The summed E-state index contributed by atoms with van der Waals surface area (Å²) in [5, 5.41) is 20.0. The van der Waals surface area contributed by atoms with E-state index in [1.165, 1.54) is 4.90 Å². The number of hydrogen-bond acceptors (Lipinski definition) is 10. The van der Waals surface area contributed by atoms with E-state index in [0.29, 0.717) is 42.7 Å². The Morgan fingerprint density at radius 1 is 1.33 bits per heavy atom. The van der Waals surface area contributed by atoms with E-state index >= 15 is 0 Å². The molecule has 1 unspecified atom stereocenters. The summed E-state index contributed by atoms with van der Waals surface area (Å²) in [5.74, 6) is -1.83. The van der Waals surface area contributed by atoms with Gasteiger partial charge in [-0.05, 0) is 36.0 Å². The van der Waals surface area contributed by atoms with Crippen molar-refractivity contribution >= 4 is 49.8 Å². The van der Waals surface area contributed by atoms with Crippen LogP contribution < -0.4 is 10.6 Å². The van der Waals surface area contributed by atoms with Gasteiger partial charge in [0.2, 0.25) is 5.88 Å². The molecule has 0 bridgehead atoms. The number of fused-ring (bicyclic) bond motifs is 3. The van der Waals surface area contributed by atoms with Crippen molar-refractivity contribution in [1.82, 2.24) is 19.8 Å². The van der Waals surface area contributed by atoms with Crippen LogP contribution >= 0.6 is 15.9 Å². The van der Waals surface area contributed by atoms with Crippen LogP contribution in [0.15, 0.2) is 50.8 Å². The number of benzene rings is 1. The predicted molar refractivity (Wildman–Crippen MR) is 154 cm³/mol. The summed E-state index contributed by atoms with van der Waals surface area (Å²) >= 11 is 3.55. The Kier molecular flexibility index (Phi) is 8.40. The molecule has 2 aliphatic rings. The number of nitrogens with zero attached hydrogens (tertiary/aromatic N) is 6. The summed E-state index contributed by atoms with van der Waals surface area (Å²) in [6, 6.07) is 5.67. The number of rotatable bonds is 8. The number of nitriles is 1. The van der Waals surface area contributed by atoms with Crippen molar-refractivity contribution in [3.63, 3.8) is 0 Å². The highest BCUT2D eigenvalue weighted by atomic mass is 79.9. The molecule has 0 aliphatic carbocycles. The lowest BCUT2D eigenvalue weighted by molar-refractivity contribution is -0.138. The summed E-state index contributed by atoms with van der Waals surface area (Å²) in [6.45, 7) is 5.53. The number of aliphatic carboxylic acids is 1. The Morgan fingerprint density at radius 3 is 2.76 bits per heavy atom. The van der Waals surface area contributed by atoms with Crippen LogP contribution in [-0.2, 0) is 9.53 Å². The molecular weight excluding hydrogens is 616 g/mol. The van der Waals surface area contributed by atoms with Gasteiger partial charge in [-0.25, -0.2) is 23.5 Å². The summed E-state index contributed by atoms with van der Waals surface area (Å²) in [5.41, 5.74) is 7.87. The van der Waals surface area contributed by atoms with E-state index in [4.69, 9.17) is 14.9 Å². The van der Waals surface area contributed by atoms with Gasteiger partial charge in [0, 0.05) is 37.5 Å². The van der Waals surface area contributed by atoms with Crippen LogP contribution in [0.5, 0.6) is 0 Å². The van der Waals surface area contributed by atoms with Gasteiger partial charge in [0.15, 0.2) is 23.4 Å². The first kappa shape index (κ1) is 29.4. The van der Waals surface area contributed by atoms with Gasteiger partial charge in [-0.3, -0.25) is 0 Å². The molecule has 14 heteroatoms. The zero-order valence-corrected chi connectivity index (χ0v) is 24.6. The highest BCUT2D eigenvalue weighted by Crippen LogP contribution is 2.38. The third kappa shape index (κ3) is 5.65. The van der Waals surface area contributed by atoms with Crippen LogP contribution in [0, 0.1) is 11.5 Å². The molecule has 222 valence electrons. The second-order valence-corrected chi connectivity index (χ2v) is 11.3. The molecule has 42 heavy (non-hydrogen) atoms. The molecule has 5 rings (SSSR count). The first-order chi connectivity index (χ1) is 20.1. The second kappa shape index (κ2) is 12.0. The molecule has 11 nitrogen and oxygen atoms in total. The van der Waals surface area contributed by atoms with Crippen LogP contribution in [0.2, 0.25) is 0 Å². The Bertz CT molecular complexity index is 1600. The van der Waals surface area contributed by atoms with Gasteiger partial charge in [0.05, 0.1) is 12.2 Å². The number of allylic oxidation sites excluding steroid dienone is 2. The lowest BCUT2D eigenvalue weighted by atomic mass is 10.1. The molecule has 0 saturated carbocycles. The number of piperazine rings is 1. The highest BCUT2D eigenvalue weighted by molar-refractivity contribution is 9.11. The Hall–Kier alpha value is -4.12. The van der Waals surface area contributed by atoms with Gasteiger partial charge in [0.1, 0.15) is 23.2 Å². The average Bonchev–Trinajstić information content (AvgIpc) is 3.57. The van der Waals surface area contributed by atoms with Crippen molar-refractivity contribution in [2.24, 2.45) is 5.73 Å². The highest BCUT2D eigenvalue weighted by Gasteiger charge is 2.41. The second-order valence-electron chi connectivity index (χ2n) is 10.2. The van der Waals surface area contributed by atoms with Crippen LogP contribution in [0.1, 0.15) is 38.9 Å². The van der Waals surface area contributed by atoms with Crippen molar-refractivity contribution in [2.45, 2.75) is 51.3 Å². The van der Waals surface area contributed by atoms with Crippen LogP contribution in [0.25, 0.3) is 22.1 Å². The molecule has 0 amide bonds. The molecular formula is C28H30BrF2N7O4. The van der Waals surface area contributed by atoms with E-state index in [1.807, 2.05) is 19.9 Å². The molecule has 2 fully saturated rings. The van der Waals surface area contributed by atoms with Gasteiger partial charge in [0.25, 0.3) is 6.43 Å². The molecule has 3 aromatic rings. The lowest BCUT2D eigenvalue weighted by Gasteiger charge is -2.40. The molecule has 3 N–H and O–H groups in total. The number of anilines is 1. The van der Waals surface area contributed by atoms with E-state index in [2.05, 4.69) is 37.0 Å². The summed E-state index contributed by atoms with van der Waals surface area (Å²) in [6.07, 6.45) is 1.10. The first-order valence-electron chi connectivity index (χ1n) is 13.5. The monoisotopic (exact) mass is 645 g/mol. The summed E-state index contributed by atoms with van der Waals surface area (Å²) in [4.78, 5) is 25.6. The minimum atomic E-state index is -2.98. The predicted octanol–water partition coefficient (Wildman–Crippen LogP) is 4.67. The van der Waals surface area contributed by atoms with Crippen LogP contribution in [0.4, 0.5) is 14.6 Å². The topological polar surface area (TPSA) is 145 Å². The standard InChI is InChI=1S/C28H30BrF2N7O4/c1-3-16(29)10-19(37-9-8-36(14-32)12-15(37)2)25(33)41-17-11-20(28(39)40)38(13-17)27-23-22(34-26(35-27)24(30)31)18-6-4-5-7-21(18)42-23/h4-7,10,15,17,20,24H,3,8-9,11-13,33H2,1-2H3,(H,39,40)/b16-10+,25-19-/t15-,17?,20-/m0/s1. The maximum Gasteiger partial charge on any atom is 0.326 e. The zero-order chi connectivity index (χ0) is 30.1. The number of carboxylic acid groups (broad SMARTS) is 1. The fraction of sp³-hybridized carbons (Fsp3) is 0.429. The van der Waals surface area contributed by atoms with E-state index in [0.717, 1.165) is 4.48 Å². The minimum Gasteiger partial charge on any atom is -0.480 e. The van der Waals surface area contributed by atoms with Crippen molar-refractivity contribution in [1.29, 1.82) is 5.26 Å². The molecule has 0 radical (unpaired) electrons. The molecule has 1 aromatic carbocycles. The smallest absolute Gasteiger partial charge is 0.326 e. The zero-order valence-electron chi connectivity index (χ0n) is 23.0. The van der Waals surface area contributed by atoms with Crippen molar-refractivity contribution in [2.75, 3.05) is 31.1 Å². The molecule has 2 saturated heterocycles. The maximum absolute atomic E-state index is 13.9. The third-order valence-electron chi connectivity index (χ3n) is 7.49. The number of nitrogens with two attached hydrogens (primary N) is 1. The molecule has 3 atom stereocenters. The number of ether oxygens (including phenoxy) is 1. The summed E-state index contributed by atoms with van der Waals surface area (Å²) in [7, 11) is 0. The van der Waals surface area contributed by atoms with Gasteiger partial charge < -0.3 is 34.7 Å². The van der Waals surface area contributed by atoms with Crippen LogP contribution in [-0.4, -0.2) is 75.2 Å². The SMILES string of the molecule is CC/C(Br)=C\C(=C(/N)OC1C[C@@H](C(=O)O)N(c2nc(C(F)F)nc3c2oc2ccccc23)C1)N1CCN(C#N)C[C@@H]1C. The quantitative estimate of drug-likeness (QED) is 0.200. The fourth-order valence-corrected chi connectivity index (χ4v) is 5.65. The number of aromatic nitrogens is 2. The molecule has 2 aromatic heterocycles. The van der Waals surface area contributed by atoms with E-state index < -0.39 is 30.4 Å². The molecule has 2 aliphatic heterocycles. The Labute approximate surface area is 248 Å². The molecule has 4 heterocycles. The van der Waals surface area contributed by atoms with Crippen molar-refractivity contribution in [3.05, 3.63) is 52.2 Å². The first-order valence-corrected chi connectivity index (χ1v) is 14.3. The van der Waals surface area contributed by atoms with E-state index in [9.17, 15) is 23.9 Å². The molecule has 0 spiro atoms. The van der Waals surface area contributed by atoms with Crippen LogP contribution in [0.3, 0.4) is 0 Å². The number of furan rings is 1. The number of carboxylic acids is 1. The largest absolute Gasteiger partial charge is 0.480 e. The fourth-order valence-electron chi connectivity index (χ4n) is 5.43. The normalized spacial score (nSPS) is 22.2. The van der Waals surface area contributed by atoms with E-state index in [-0.39, 0.29) is 41.8 Å². The number of alkyl halides is 2. The van der Waals surface area contributed by atoms with Gasteiger partial charge >= 0.3 is 5.97 Å². The number of hydrogen-bond donors (Lipinski definition) is 2. The van der Waals surface area contributed by atoms with Gasteiger partial charge in [-0.1, -0.05) is 35.0 Å². The summed E-state index contributed by atoms with van der Waals surface area (Å²) < 4.78 is 40.8. The number of para-hydroxylation sites is 1. The lowest BCUT2D eigenvalue weighted by Crippen LogP contribution is -2.50.